The van der Waals surface area contributed by atoms with Gasteiger partial charge in [0.05, 0.1) is 5.69 Å². The predicted octanol–water partition coefficient (Wildman–Crippen LogP) is 2.94. The van der Waals surface area contributed by atoms with E-state index >= 15 is 0 Å². The second-order valence-corrected chi connectivity index (χ2v) is 3.96. The standard InChI is InChI=1S/C13H14N2O/c1-10(2)15-13(7-8-14-15)12-6-4-3-5-11(12)9-16/h3-10H,1-2H3. The molecule has 0 radical (unpaired) electrons. The van der Waals surface area contributed by atoms with Gasteiger partial charge in [0, 0.05) is 23.4 Å². The van der Waals surface area contributed by atoms with E-state index in [-0.39, 0.29) is 6.04 Å². The molecule has 0 amide bonds. The average molecular weight is 214 g/mol. The van der Waals surface area contributed by atoms with E-state index in [1.165, 1.54) is 0 Å². The summed E-state index contributed by atoms with van der Waals surface area (Å²) in [4.78, 5) is 11.0. The normalized spacial score (nSPS) is 10.7. The van der Waals surface area contributed by atoms with Gasteiger partial charge in [0.15, 0.2) is 6.29 Å². The molecule has 1 aromatic heterocycles. The first-order valence-corrected chi connectivity index (χ1v) is 5.32. The Kier molecular flexibility index (Phi) is 2.86. The topological polar surface area (TPSA) is 34.9 Å². The minimum absolute atomic E-state index is 0.282. The van der Waals surface area contributed by atoms with Gasteiger partial charge in [-0.3, -0.25) is 9.48 Å². The van der Waals surface area contributed by atoms with Gasteiger partial charge in [0.25, 0.3) is 0 Å². The molecular formula is C13H14N2O. The fourth-order valence-corrected chi connectivity index (χ4v) is 1.77. The molecule has 0 aliphatic heterocycles. The summed E-state index contributed by atoms with van der Waals surface area (Å²) in [6.45, 7) is 4.14. The molecule has 0 aliphatic carbocycles. The molecule has 82 valence electrons. The van der Waals surface area contributed by atoms with Crippen LogP contribution >= 0.6 is 0 Å². The predicted molar refractivity (Wildman–Crippen MR) is 63.4 cm³/mol. The van der Waals surface area contributed by atoms with Crippen molar-refractivity contribution in [1.82, 2.24) is 9.78 Å². The smallest absolute Gasteiger partial charge is 0.150 e. The van der Waals surface area contributed by atoms with E-state index in [2.05, 4.69) is 18.9 Å². The molecule has 3 nitrogen and oxygen atoms in total. The van der Waals surface area contributed by atoms with Crippen LogP contribution in [-0.2, 0) is 0 Å². The highest BCUT2D eigenvalue weighted by Gasteiger charge is 2.10. The lowest BCUT2D eigenvalue weighted by Gasteiger charge is -2.12. The number of carbonyl (C=O) groups is 1. The lowest BCUT2D eigenvalue weighted by Crippen LogP contribution is -2.05. The van der Waals surface area contributed by atoms with E-state index in [1.807, 2.05) is 35.0 Å². The van der Waals surface area contributed by atoms with E-state index in [4.69, 9.17) is 0 Å². The molecule has 1 aromatic carbocycles. The lowest BCUT2D eigenvalue weighted by atomic mass is 10.1. The highest BCUT2D eigenvalue weighted by molar-refractivity contribution is 5.86. The lowest BCUT2D eigenvalue weighted by molar-refractivity contribution is 0.112. The third kappa shape index (κ3) is 1.76. The summed E-state index contributed by atoms with van der Waals surface area (Å²) in [6.07, 6.45) is 2.64. The van der Waals surface area contributed by atoms with E-state index in [9.17, 15) is 4.79 Å². The number of hydrogen-bond acceptors (Lipinski definition) is 2. The Morgan fingerprint density at radius 1 is 1.25 bits per heavy atom. The molecule has 2 aromatic rings. The Morgan fingerprint density at radius 3 is 2.69 bits per heavy atom. The first-order valence-electron chi connectivity index (χ1n) is 5.32. The molecule has 0 unspecified atom stereocenters. The number of benzene rings is 1. The van der Waals surface area contributed by atoms with Crippen LogP contribution in [0.25, 0.3) is 11.3 Å². The van der Waals surface area contributed by atoms with Gasteiger partial charge >= 0.3 is 0 Å². The summed E-state index contributed by atoms with van der Waals surface area (Å²) < 4.78 is 1.92. The molecule has 3 heteroatoms. The Hall–Kier alpha value is -1.90. The minimum atomic E-state index is 0.282. The van der Waals surface area contributed by atoms with Crippen molar-refractivity contribution >= 4 is 6.29 Å². The molecule has 16 heavy (non-hydrogen) atoms. The fraction of sp³-hybridized carbons (Fsp3) is 0.231. The van der Waals surface area contributed by atoms with Crippen molar-refractivity contribution in [3.8, 4) is 11.3 Å². The van der Waals surface area contributed by atoms with Gasteiger partial charge in [-0.2, -0.15) is 5.10 Å². The zero-order chi connectivity index (χ0) is 11.5. The molecule has 2 rings (SSSR count). The summed E-state index contributed by atoms with van der Waals surface area (Å²) in [6, 6.07) is 9.77. The van der Waals surface area contributed by atoms with Crippen molar-refractivity contribution in [2.24, 2.45) is 0 Å². The van der Waals surface area contributed by atoms with Gasteiger partial charge in [-0.1, -0.05) is 24.3 Å². The second-order valence-electron chi connectivity index (χ2n) is 3.96. The van der Waals surface area contributed by atoms with Crippen LogP contribution in [0, 0.1) is 0 Å². The molecule has 0 spiro atoms. The molecule has 0 aliphatic rings. The number of hydrogen-bond donors (Lipinski definition) is 0. The molecule has 0 bridgehead atoms. The van der Waals surface area contributed by atoms with Gasteiger partial charge in [0.2, 0.25) is 0 Å². The number of rotatable bonds is 3. The Morgan fingerprint density at radius 2 is 2.00 bits per heavy atom. The summed E-state index contributed by atoms with van der Waals surface area (Å²) >= 11 is 0. The summed E-state index contributed by atoms with van der Waals surface area (Å²) in [5.74, 6) is 0. The van der Waals surface area contributed by atoms with Crippen LogP contribution in [0.15, 0.2) is 36.5 Å². The summed E-state index contributed by atoms with van der Waals surface area (Å²) in [5, 5.41) is 4.27. The minimum Gasteiger partial charge on any atom is -0.298 e. The van der Waals surface area contributed by atoms with Crippen LogP contribution in [0.1, 0.15) is 30.2 Å². The molecular weight excluding hydrogens is 200 g/mol. The Labute approximate surface area is 94.7 Å². The Balaban J connectivity index is 2.58. The van der Waals surface area contributed by atoms with Crippen molar-refractivity contribution in [3.05, 3.63) is 42.1 Å². The third-order valence-corrected chi connectivity index (χ3v) is 2.52. The zero-order valence-corrected chi connectivity index (χ0v) is 9.42. The van der Waals surface area contributed by atoms with Crippen molar-refractivity contribution < 1.29 is 4.79 Å². The Bertz CT molecular complexity index is 500. The van der Waals surface area contributed by atoms with Crippen LogP contribution in [0.3, 0.4) is 0 Å². The van der Waals surface area contributed by atoms with Crippen LogP contribution in [0.4, 0.5) is 0 Å². The van der Waals surface area contributed by atoms with Crippen molar-refractivity contribution in [2.75, 3.05) is 0 Å². The number of aromatic nitrogens is 2. The van der Waals surface area contributed by atoms with Gasteiger partial charge in [-0.25, -0.2) is 0 Å². The third-order valence-electron chi connectivity index (χ3n) is 2.52. The summed E-state index contributed by atoms with van der Waals surface area (Å²) in [7, 11) is 0. The van der Waals surface area contributed by atoms with Crippen LogP contribution in [0.5, 0.6) is 0 Å². The first-order chi connectivity index (χ1) is 7.74. The molecule has 0 fully saturated rings. The van der Waals surface area contributed by atoms with Gasteiger partial charge in [-0.15, -0.1) is 0 Å². The summed E-state index contributed by atoms with van der Waals surface area (Å²) in [5.41, 5.74) is 2.62. The molecule has 0 saturated carbocycles. The molecule has 0 N–H and O–H groups in total. The van der Waals surface area contributed by atoms with Gasteiger partial charge in [0.1, 0.15) is 0 Å². The second kappa shape index (κ2) is 4.31. The maximum atomic E-state index is 11.0. The fourth-order valence-electron chi connectivity index (χ4n) is 1.77. The molecule has 1 heterocycles. The molecule has 0 saturated heterocycles. The van der Waals surface area contributed by atoms with E-state index in [0.29, 0.717) is 5.56 Å². The van der Waals surface area contributed by atoms with Crippen LogP contribution in [-0.4, -0.2) is 16.1 Å². The number of carbonyl (C=O) groups excluding carboxylic acids is 1. The maximum Gasteiger partial charge on any atom is 0.150 e. The van der Waals surface area contributed by atoms with Gasteiger partial charge < -0.3 is 0 Å². The maximum absolute atomic E-state index is 11.0. The van der Waals surface area contributed by atoms with Gasteiger partial charge in [-0.05, 0) is 19.9 Å². The monoisotopic (exact) mass is 214 g/mol. The van der Waals surface area contributed by atoms with E-state index in [1.54, 1.807) is 6.20 Å². The van der Waals surface area contributed by atoms with Crippen molar-refractivity contribution in [2.45, 2.75) is 19.9 Å². The average Bonchev–Trinajstić information content (AvgIpc) is 2.77. The first kappa shape index (κ1) is 10.6. The molecule has 0 atom stereocenters. The highest BCUT2D eigenvalue weighted by Crippen LogP contribution is 2.24. The zero-order valence-electron chi connectivity index (χ0n) is 9.42. The van der Waals surface area contributed by atoms with Crippen molar-refractivity contribution in [3.63, 3.8) is 0 Å². The van der Waals surface area contributed by atoms with E-state index < -0.39 is 0 Å². The van der Waals surface area contributed by atoms with Crippen LogP contribution in [0.2, 0.25) is 0 Å². The SMILES string of the molecule is CC(C)n1nccc1-c1ccccc1C=O. The largest absolute Gasteiger partial charge is 0.298 e. The van der Waals surface area contributed by atoms with E-state index in [0.717, 1.165) is 17.5 Å². The van der Waals surface area contributed by atoms with Crippen LogP contribution < -0.4 is 0 Å². The number of nitrogens with zero attached hydrogens (tertiary/aromatic N) is 2. The number of aldehydes is 1. The highest BCUT2D eigenvalue weighted by atomic mass is 16.1. The quantitative estimate of drug-likeness (QED) is 0.736. The van der Waals surface area contributed by atoms with Crippen molar-refractivity contribution in [1.29, 1.82) is 0 Å².